The van der Waals surface area contributed by atoms with Gasteiger partial charge in [-0.2, -0.15) is 5.48 Å². The highest BCUT2D eigenvalue weighted by molar-refractivity contribution is 6.77. The highest BCUT2D eigenvalue weighted by atomic mass is 28.3. The van der Waals surface area contributed by atoms with Crippen molar-refractivity contribution in [3.63, 3.8) is 0 Å². The Morgan fingerprint density at radius 2 is 1.86 bits per heavy atom. The van der Waals surface area contributed by atoms with Crippen molar-refractivity contribution in [2.45, 2.75) is 25.5 Å². The first-order valence-electron chi connectivity index (χ1n) is 2.52. The minimum atomic E-state index is -0.957. The third kappa shape index (κ3) is 1.26. The lowest BCUT2D eigenvalue weighted by atomic mass is 11.4. The fourth-order valence-electron chi connectivity index (χ4n) is 0.388. The Kier molecular flexibility index (Phi) is 0.984. The summed E-state index contributed by atoms with van der Waals surface area (Å²) in [4.78, 5) is 4.88. The summed E-state index contributed by atoms with van der Waals surface area (Å²) in [6.45, 7) is 6.83. The second-order valence-corrected chi connectivity index (χ2v) is 8.24. The number of rotatable bonds is 1. The molecule has 0 bridgehead atoms. The Labute approximate surface area is 44.8 Å². The van der Waals surface area contributed by atoms with Gasteiger partial charge in [-0.3, -0.25) is 4.84 Å². The Bertz CT molecular complexity index is 74.2. The zero-order chi connectivity index (χ0) is 5.49. The minimum Gasteiger partial charge on any atom is -0.283 e. The molecule has 1 unspecified atom stereocenters. The molecule has 1 N–H and O–H groups in total. The van der Waals surface area contributed by atoms with Gasteiger partial charge in [0.25, 0.3) is 0 Å². The van der Waals surface area contributed by atoms with Gasteiger partial charge in [0.2, 0.25) is 0 Å². The summed E-state index contributed by atoms with van der Waals surface area (Å²) in [5.41, 5.74) is 2.84. The van der Waals surface area contributed by atoms with Crippen LogP contribution in [0, 0.1) is 0 Å². The van der Waals surface area contributed by atoms with Crippen LogP contribution in [0.3, 0.4) is 0 Å². The van der Waals surface area contributed by atoms with Crippen molar-refractivity contribution >= 4 is 8.07 Å². The van der Waals surface area contributed by atoms with Gasteiger partial charge in [-0.25, -0.2) is 0 Å². The maximum atomic E-state index is 4.88. The van der Waals surface area contributed by atoms with E-state index in [1.807, 2.05) is 0 Å². The van der Waals surface area contributed by atoms with E-state index in [4.69, 9.17) is 4.84 Å². The van der Waals surface area contributed by atoms with E-state index in [1.54, 1.807) is 0 Å². The molecule has 0 radical (unpaired) electrons. The van der Waals surface area contributed by atoms with Crippen molar-refractivity contribution in [3.8, 4) is 0 Å². The smallest absolute Gasteiger partial charge is 0.137 e. The summed E-state index contributed by atoms with van der Waals surface area (Å²) in [6, 6.07) is 0. The summed E-state index contributed by atoms with van der Waals surface area (Å²) in [7, 11) is -0.957. The molecular formula is C4H11NOSi. The summed E-state index contributed by atoms with van der Waals surface area (Å²) < 4.78 is 0. The normalized spacial score (nSPS) is 30.4. The molecular weight excluding hydrogens is 106 g/mol. The average Bonchev–Trinajstić information content (AvgIpc) is 1.99. The number of hydrogen-bond acceptors (Lipinski definition) is 2. The predicted octanol–water partition coefficient (Wildman–Crippen LogP) is 0.725. The molecule has 2 nitrogen and oxygen atoms in total. The highest BCUT2D eigenvalue weighted by Gasteiger charge is 2.37. The van der Waals surface area contributed by atoms with Crippen LogP contribution in [0.1, 0.15) is 0 Å². The molecule has 1 rings (SSSR count). The second kappa shape index (κ2) is 1.31. The van der Waals surface area contributed by atoms with E-state index in [0.717, 1.165) is 0 Å². The molecule has 0 aromatic heterocycles. The van der Waals surface area contributed by atoms with E-state index in [0.29, 0.717) is 5.85 Å². The van der Waals surface area contributed by atoms with Crippen LogP contribution in [0.2, 0.25) is 19.6 Å². The summed E-state index contributed by atoms with van der Waals surface area (Å²) in [5, 5.41) is 0. The number of hydroxylamine groups is 1. The molecule has 0 aliphatic carbocycles. The van der Waals surface area contributed by atoms with Crippen LogP contribution in [-0.2, 0) is 4.84 Å². The van der Waals surface area contributed by atoms with Gasteiger partial charge in [-0.1, -0.05) is 19.6 Å². The van der Waals surface area contributed by atoms with Crippen LogP contribution in [-0.4, -0.2) is 13.9 Å². The third-order valence-electron chi connectivity index (χ3n) is 1.02. The fourth-order valence-corrected chi connectivity index (χ4v) is 1.16. The van der Waals surface area contributed by atoms with Crippen LogP contribution in [0.25, 0.3) is 0 Å². The van der Waals surface area contributed by atoms with Crippen molar-refractivity contribution in [2.24, 2.45) is 0 Å². The lowest BCUT2D eigenvalue weighted by molar-refractivity contribution is 0.397. The van der Waals surface area contributed by atoms with Gasteiger partial charge in [0.15, 0.2) is 0 Å². The van der Waals surface area contributed by atoms with Crippen molar-refractivity contribution in [1.29, 1.82) is 0 Å². The average molecular weight is 117 g/mol. The monoisotopic (exact) mass is 117 g/mol. The highest BCUT2D eigenvalue weighted by Crippen LogP contribution is 2.15. The summed E-state index contributed by atoms with van der Waals surface area (Å²) in [5.74, 6) is 0.437. The first kappa shape index (κ1) is 5.28. The zero-order valence-electron chi connectivity index (χ0n) is 4.99. The van der Waals surface area contributed by atoms with Crippen LogP contribution in [0.15, 0.2) is 0 Å². The van der Waals surface area contributed by atoms with Crippen molar-refractivity contribution in [3.05, 3.63) is 0 Å². The van der Waals surface area contributed by atoms with Crippen molar-refractivity contribution < 1.29 is 4.84 Å². The molecule has 1 saturated heterocycles. The van der Waals surface area contributed by atoms with Gasteiger partial charge in [0.05, 0.1) is 0 Å². The van der Waals surface area contributed by atoms with Crippen LogP contribution in [0.5, 0.6) is 0 Å². The molecule has 1 atom stereocenters. The van der Waals surface area contributed by atoms with Crippen LogP contribution in [0.4, 0.5) is 0 Å². The number of hydrogen-bond donors (Lipinski definition) is 1. The molecule has 42 valence electrons. The molecule has 1 fully saturated rings. The molecule has 1 heterocycles. The van der Waals surface area contributed by atoms with E-state index in [2.05, 4.69) is 25.1 Å². The standard InChI is InChI=1S/C4H11NOSi/c1-7(2,3)4-5-6-4/h4-5H,1-3H3. The summed E-state index contributed by atoms with van der Waals surface area (Å²) in [6.07, 6.45) is 0. The second-order valence-electron chi connectivity index (χ2n) is 2.98. The summed E-state index contributed by atoms with van der Waals surface area (Å²) >= 11 is 0. The molecule has 0 aromatic carbocycles. The Morgan fingerprint density at radius 3 is 1.86 bits per heavy atom. The van der Waals surface area contributed by atoms with E-state index in [9.17, 15) is 0 Å². The maximum absolute atomic E-state index is 4.88. The van der Waals surface area contributed by atoms with Crippen LogP contribution < -0.4 is 5.48 Å². The SMILES string of the molecule is C[Si](C)(C)C1NO1. The molecule has 0 amide bonds. The molecule has 1 aliphatic rings. The van der Waals surface area contributed by atoms with Gasteiger partial charge in [0.1, 0.15) is 13.9 Å². The topological polar surface area (TPSA) is 34.5 Å². The van der Waals surface area contributed by atoms with Gasteiger partial charge < -0.3 is 0 Å². The molecule has 0 spiro atoms. The Hall–Kier alpha value is 0.137. The van der Waals surface area contributed by atoms with Crippen molar-refractivity contribution in [2.75, 3.05) is 0 Å². The van der Waals surface area contributed by atoms with E-state index < -0.39 is 8.07 Å². The lowest BCUT2D eigenvalue weighted by Crippen LogP contribution is -2.30. The quantitative estimate of drug-likeness (QED) is 0.406. The first-order chi connectivity index (χ1) is 3.11. The van der Waals surface area contributed by atoms with Crippen LogP contribution >= 0.6 is 0 Å². The van der Waals surface area contributed by atoms with Gasteiger partial charge in [-0.15, -0.1) is 0 Å². The molecule has 3 heteroatoms. The lowest BCUT2D eigenvalue weighted by Gasteiger charge is -2.06. The minimum absolute atomic E-state index is 0.437. The molecule has 0 saturated carbocycles. The largest absolute Gasteiger partial charge is 0.283 e. The van der Waals surface area contributed by atoms with E-state index >= 15 is 0 Å². The van der Waals surface area contributed by atoms with Gasteiger partial charge in [0, 0.05) is 0 Å². The fraction of sp³-hybridized carbons (Fsp3) is 1.00. The van der Waals surface area contributed by atoms with Gasteiger partial charge >= 0.3 is 0 Å². The first-order valence-corrected chi connectivity index (χ1v) is 6.09. The molecule has 0 aromatic rings. The van der Waals surface area contributed by atoms with Crippen molar-refractivity contribution in [1.82, 2.24) is 5.48 Å². The maximum Gasteiger partial charge on any atom is 0.137 e. The molecule has 1 aliphatic heterocycles. The van der Waals surface area contributed by atoms with E-state index in [-0.39, 0.29) is 0 Å². The molecule has 7 heavy (non-hydrogen) atoms. The van der Waals surface area contributed by atoms with Gasteiger partial charge in [-0.05, 0) is 0 Å². The third-order valence-corrected chi connectivity index (χ3v) is 2.83. The van der Waals surface area contributed by atoms with E-state index in [1.165, 1.54) is 0 Å². The predicted molar refractivity (Wildman–Crippen MR) is 31.4 cm³/mol. The zero-order valence-corrected chi connectivity index (χ0v) is 5.99. The Balaban J connectivity index is 2.36. The number of nitrogens with one attached hydrogen (secondary N) is 1. The Morgan fingerprint density at radius 1 is 1.43 bits per heavy atom.